The minimum absolute atomic E-state index is 0.117. The van der Waals surface area contributed by atoms with Crippen LogP contribution in [0.1, 0.15) is 45.7 Å². The highest BCUT2D eigenvalue weighted by molar-refractivity contribution is 7.98. The van der Waals surface area contributed by atoms with Crippen LogP contribution in [0.4, 0.5) is 5.69 Å². The van der Waals surface area contributed by atoms with Gasteiger partial charge in [-0.05, 0) is 54.5 Å². The Balaban J connectivity index is 2.37. The molecule has 0 radical (unpaired) electrons. The first-order valence-electron chi connectivity index (χ1n) is 10.2. The molecular weight excluding hydrogens is 432 g/mol. The lowest BCUT2D eigenvalue weighted by molar-refractivity contribution is -0.118. The summed E-state index contributed by atoms with van der Waals surface area (Å²) in [6.45, 7) is 7.69. The van der Waals surface area contributed by atoms with Crippen molar-refractivity contribution >= 4 is 33.4 Å². The van der Waals surface area contributed by atoms with E-state index in [0.717, 1.165) is 10.5 Å². The highest BCUT2D eigenvalue weighted by atomic mass is 32.2. The Morgan fingerprint density at radius 3 is 2.23 bits per heavy atom. The van der Waals surface area contributed by atoms with Gasteiger partial charge in [-0.3, -0.25) is 4.79 Å². The van der Waals surface area contributed by atoms with Crippen LogP contribution >= 0.6 is 11.8 Å². The van der Waals surface area contributed by atoms with Crippen molar-refractivity contribution in [3.8, 4) is 5.75 Å². The summed E-state index contributed by atoms with van der Waals surface area (Å²) in [6.07, 6.45) is 2.53. The van der Waals surface area contributed by atoms with Crippen molar-refractivity contribution in [2.75, 3.05) is 18.7 Å². The number of methoxy groups -OCH3 is 1. The van der Waals surface area contributed by atoms with E-state index >= 15 is 0 Å². The number of sulfonamides is 1. The van der Waals surface area contributed by atoms with Crippen LogP contribution in [0.2, 0.25) is 0 Å². The first-order chi connectivity index (χ1) is 14.6. The summed E-state index contributed by atoms with van der Waals surface area (Å²) in [4.78, 5) is 13.1. The number of benzene rings is 2. The molecule has 0 fully saturated rings. The van der Waals surface area contributed by atoms with E-state index in [9.17, 15) is 13.2 Å². The van der Waals surface area contributed by atoms with Crippen molar-refractivity contribution in [3.05, 3.63) is 48.0 Å². The zero-order valence-electron chi connectivity index (χ0n) is 18.9. The first kappa shape index (κ1) is 25.2. The number of hydrogen-bond acceptors (Lipinski definition) is 5. The van der Waals surface area contributed by atoms with Crippen LogP contribution in [0, 0.1) is 11.8 Å². The van der Waals surface area contributed by atoms with E-state index in [1.165, 1.54) is 17.8 Å². The van der Waals surface area contributed by atoms with Crippen molar-refractivity contribution < 1.29 is 17.9 Å². The molecule has 1 unspecified atom stereocenters. The Hall–Kier alpha value is -2.03. The number of nitrogens with one attached hydrogen (secondary N) is 2. The van der Waals surface area contributed by atoms with Crippen LogP contribution in [-0.2, 0) is 14.8 Å². The van der Waals surface area contributed by atoms with E-state index in [2.05, 4.69) is 23.9 Å². The molecule has 0 saturated carbocycles. The fourth-order valence-electron chi connectivity index (χ4n) is 3.04. The summed E-state index contributed by atoms with van der Waals surface area (Å²) < 4.78 is 34.5. The minimum Gasteiger partial charge on any atom is -0.497 e. The molecule has 2 aromatic rings. The summed E-state index contributed by atoms with van der Waals surface area (Å²) in [7, 11) is -2.22. The van der Waals surface area contributed by atoms with E-state index in [1.807, 2.05) is 30.5 Å². The summed E-state index contributed by atoms with van der Waals surface area (Å²) in [5.74, 6) is 0.634. The molecule has 2 aromatic carbocycles. The molecular formula is C23H32N2O4S2. The van der Waals surface area contributed by atoms with Crippen LogP contribution < -0.4 is 14.8 Å². The molecule has 170 valence electrons. The number of hydrogen-bond donors (Lipinski definition) is 2. The van der Waals surface area contributed by atoms with Gasteiger partial charge in [-0.1, -0.05) is 39.8 Å². The highest BCUT2D eigenvalue weighted by Gasteiger charge is 2.24. The number of ether oxygens (including phenoxy) is 1. The lowest BCUT2D eigenvalue weighted by atomic mass is 9.98. The largest absolute Gasteiger partial charge is 0.497 e. The molecule has 0 aliphatic rings. The Morgan fingerprint density at radius 2 is 1.71 bits per heavy atom. The van der Waals surface area contributed by atoms with Crippen LogP contribution in [0.25, 0.3) is 0 Å². The topological polar surface area (TPSA) is 84.5 Å². The maximum atomic E-state index is 13.2. The lowest BCUT2D eigenvalue weighted by Crippen LogP contribution is -2.30. The van der Waals surface area contributed by atoms with Gasteiger partial charge in [0.25, 0.3) is 0 Å². The zero-order chi connectivity index (χ0) is 23.2. The van der Waals surface area contributed by atoms with Gasteiger partial charge in [0.2, 0.25) is 15.9 Å². The third-order valence-corrected chi connectivity index (χ3v) is 7.05. The van der Waals surface area contributed by atoms with Gasteiger partial charge in [-0.15, -0.1) is 11.8 Å². The number of rotatable bonds is 10. The van der Waals surface area contributed by atoms with Crippen LogP contribution in [-0.4, -0.2) is 27.7 Å². The average Bonchev–Trinajstić information content (AvgIpc) is 2.72. The van der Waals surface area contributed by atoms with E-state index < -0.39 is 10.0 Å². The van der Waals surface area contributed by atoms with E-state index in [4.69, 9.17) is 4.74 Å². The van der Waals surface area contributed by atoms with Gasteiger partial charge in [0.05, 0.1) is 17.7 Å². The van der Waals surface area contributed by atoms with Gasteiger partial charge in [-0.2, -0.15) is 0 Å². The fourth-order valence-corrected chi connectivity index (χ4v) is 4.84. The summed E-state index contributed by atoms with van der Waals surface area (Å²) in [5.41, 5.74) is 1.37. The Morgan fingerprint density at radius 1 is 1.06 bits per heavy atom. The molecule has 0 bridgehead atoms. The molecule has 0 spiro atoms. The van der Waals surface area contributed by atoms with E-state index in [0.29, 0.717) is 17.9 Å². The third-order valence-electron chi connectivity index (χ3n) is 4.79. The van der Waals surface area contributed by atoms with Crippen molar-refractivity contribution in [1.82, 2.24) is 4.72 Å². The molecule has 1 amide bonds. The quantitative estimate of drug-likeness (QED) is 0.479. The Kier molecular flexibility index (Phi) is 8.97. The molecule has 0 heterocycles. The van der Waals surface area contributed by atoms with Crippen LogP contribution in [0.3, 0.4) is 0 Å². The van der Waals surface area contributed by atoms with Gasteiger partial charge in [0.15, 0.2) is 0 Å². The predicted molar refractivity (Wildman–Crippen MR) is 127 cm³/mol. The molecule has 6 nitrogen and oxygen atoms in total. The second-order valence-electron chi connectivity index (χ2n) is 8.08. The third kappa shape index (κ3) is 6.98. The van der Waals surface area contributed by atoms with E-state index in [1.54, 1.807) is 33.1 Å². The maximum absolute atomic E-state index is 13.2. The predicted octanol–water partition coefficient (Wildman–Crippen LogP) is 5.08. The molecule has 1 atom stereocenters. The van der Waals surface area contributed by atoms with Crippen molar-refractivity contribution in [3.63, 3.8) is 0 Å². The number of carbonyl (C=O) groups is 1. The standard InChI is InChI=1S/C23H32N2O4S2/c1-15(2)13-20(17-7-9-18(29-5)10-8-17)25-31(27,28)19-11-12-22(30-6)21(14-19)24-23(26)16(3)4/h7-12,14-16,20,25H,13H2,1-6H3,(H,24,26). The summed E-state index contributed by atoms with van der Waals surface area (Å²) in [6, 6.07) is 11.8. The fraction of sp³-hybridized carbons (Fsp3) is 0.435. The van der Waals surface area contributed by atoms with Crippen molar-refractivity contribution in [1.29, 1.82) is 0 Å². The number of anilines is 1. The van der Waals surface area contributed by atoms with E-state index in [-0.39, 0.29) is 28.7 Å². The van der Waals surface area contributed by atoms with Crippen molar-refractivity contribution in [2.45, 2.75) is 49.9 Å². The molecule has 0 aliphatic carbocycles. The molecule has 2 rings (SSSR count). The Labute approximate surface area is 190 Å². The summed E-state index contributed by atoms with van der Waals surface area (Å²) >= 11 is 1.45. The SMILES string of the molecule is COc1ccc(C(CC(C)C)NS(=O)(=O)c2ccc(SC)c(NC(=O)C(C)C)c2)cc1. The second kappa shape index (κ2) is 11.0. The molecule has 0 aliphatic heterocycles. The monoisotopic (exact) mass is 464 g/mol. The number of carbonyl (C=O) groups excluding carboxylic acids is 1. The maximum Gasteiger partial charge on any atom is 0.241 e. The van der Waals surface area contributed by atoms with Gasteiger partial charge < -0.3 is 10.1 Å². The number of amides is 1. The lowest BCUT2D eigenvalue weighted by Gasteiger charge is -2.22. The second-order valence-corrected chi connectivity index (χ2v) is 10.6. The van der Waals surface area contributed by atoms with Gasteiger partial charge >= 0.3 is 0 Å². The zero-order valence-corrected chi connectivity index (χ0v) is 20.6. The minimum atomic E-state index is -3.81. The molecule has 0 aromatic heterocycles. The molecule has 8 heteroatoms. The smallest absolute Gasteiger partial charge is 0.241 e. The average molecular weight is 465 g/mol. The van der Waals surface area contributed by atoms with Crippen LogP contribution in [0.5, 0.6) is 5.75 Å². The summed E-state index contributed by atoms with van der Waals surface area (Å²) in [5, 5.41) is 2.84. The van der Waals surface area contributed by atoms with Gasteiger partial charge in [0, 0.05) is 16.9 Å². The Bertz CT molecular complexity index is 987. The molecule has 0 saturated heterocycles. The number of thioether (sulfide) groups is 1. The molecule has 2 N–H and O–H groups in total. The van der Waals surface area contributed by atoms with Gasteiger partial charge in [0.1, 0.15) is 5.75 Å². The highest BCUT2D eigenvalue weighted by Crippen LogP contribution is 2.30. The normalized spacial score (nSPS) is 12.8. The van der Waals surface area contributed by atoms with Gasteiger partial charge in [-0.25, -0.2) is 13.1 Å². The van der Waals surface area contributed by atoms with Crippen molar-refractivity contribution in [2.24, 2.45) is 11.8 Å². The molecule has 31 heavy (non-hydrogen) atoms. The van der Waals surface area contributed by atoms with Crippen LogP contribution in [0.15, 0.2) is 52.3 Å². The first-order valence-corrected chi connectivity index (χ1v) is 12.9.